The van der Waals surface area contributed by atoms with Gasteiger partial charge in [-0.05, 0) is 23.9 Å². The molecule has 3 rings (SSSR count). The summed E-state index contributed by atoms with van der Waals surface area (Å²) in [6.07, 6.45) is -0.638. The summed E-state index contributed by atoms with van der Waals surface area (Å²) in [5, 5.41) is 21.5. The smallest absolute Gasteiger partial charge is 0.325 e. The van der Waals surface area contributed by atoms with Crippen LogP contribution in [-0.4, -0.2) is 57.9 Å². The molecule has 0 aromatic carbocycles. The minimum Gasteiger partial charge on any atom is -0.390 e. The molecule has 1 aliphatic rings. The zero-order valence-electron chi connectivity index (χ0n) is 14.9. The number of rotatable bonds is 5. The van der Waals surface area contributed by atoms with Crippen molar-refractivity contribution in [1.29, 1.82) is 0 Å². The number of hydrogen-bond donors (Lipinski definition) is 5. The van der Waals surface area contributed by atoms with E-state index in [1.54, 1.807) is 11.5 Å². The molecule has 1 fully saturated rings. The number of halogens is 1. The van der Waals surface area contributed by atoms with E-state index in [4.69, 9.17) is 17.3 Å². The number of nitrogens with zero attached hydrogens (tertiary/aromatic N) is 4. The van der Waals surface area contributed by atoms with E-state index in [9.17, 15) is 24.6 Å². The first kappa shape index (κ1) is 20.4. The Labute approximate surface area is 160 Å². The molecule has 0 amide bonds. The number of hydrogen-bond acceptors (Lipinski definition) is 7. The highest BCUT2D eigenvalue weighted by atomic mass is 35.5. The van der Waals surface area contributed by atoms with Crippen molar-refractivity contribution in [3.63, 3.8) is 0 Å². The van der Waals surface area contributed by atoms with E-state index in [0.29, 0.717) is 17.6 Å². The van der Waals surface area contributed by atoms with Crippen molar-refractivity contribution in [1.82, 2.24) is 19.5 Å². The van der Waals surface area contributed by atoms with Gasteiger partial charge in [-0.25, -0.2) is 4.98 Å². The minimum atomic E-state index is -4.24. The standard InChI is InChI=1S/C15H23ClN5O5P/c1-3-7-9(10(22)11(23)15(7,2)4-5-27(24,25)26)21-6-18-8-12(17)19-14(16)20-13(8)21/h6-7,9-11,22-23H,3-5H2,1-2H3,(H2,17,19,20)(H2,24,25,26)/t7-,9?,10+,11+,15+/m1/s1. The van der Waals surface area contributed by atoms with Crippen molar-refractivity contribution >= 4 is 36.2 Å². The third-order valence-corrected chi connectivity index (χ3v) is 6.71. The molecule has 0 aliphatic heterocycles. The molecule has 0 radical (unpaired) electrons. The molecule has 2 aromatic rings. The SMILES string of the molecule is CC[C@@H]1C(n2cnc3c(N)nc(Cl)nc32)[C@H](O)[C@H](O)[C@@]1(C)CCP(=O)(O)O. The molecule has 6 N–H and O–H groups in total. The van der Waals surface area contributed by atoms with E-state index in [0.717, 1.165) is 0 Å². The van der Waals surface area contributed by atoms with Crippen LogP contribution in [0.25, 0.3) is 11.2 Å². The van der Waals surface area contributed by atoms with Crippen LogP contribution in [0, 0.1) is 11.3 Å². The summed E-state index contributed by atoms with van der Waals surface area (Å²) in [5.74, 6) is -0.185. The van der Waals surface area contributed by atoms with Gasteiger partial charge in [0, 0.05) is 5.41 Å². The van der Waals surface area contributed by atoms with Crippen molar-refractivity contribution in [3.05, 3.63) is 11.6 Å². The lowest BCUT2D eigenvalue weighted by atomic mass is 9.74. The Morgan fingerprint density at radius 2 is 2.04 bits per heavy atom. The first-order chi connectivity index (χ1) is 12.5. The molecule has 0 spiro atoms. The molecular weight excluding hydrogens is 397 g/mol. The van der Waals surface area contributed by atoms with Crippen LogP contribution in [0.1, 0.15) is 32.7 Å². The highest BCUT2D eigenvalue weighted by molar-refractivity contribution is 7.51. The molecule has 1 unspecified atom stereocenters. The number of fused-ring (bicyclic) bond motifs is 1. The van der Waals surface area contributed by atoms with Gasteiger partial charge in [-0.2, -0.15) is 9.97 Å². The Hall–Kier alpha value is -1.29. The molecule has 0 saturated heterocycles. The lowest BCUT2D eigenvalue weighted by Crippen LogP contribution is -2.37. The van der Waals surface area contributed by atoms with Gasteiger partial charge in [0.25, 0.3) is 0 Å². The highest BCUT2D eigenvalue weighted by Gasteiger charge is 2.57. The monoisotopic (exact) mass is 419 g/mol. The van der Waals surface area contributed by atoms with Crippen LogP contribution in [0.15, 0.2) is 6.33 Å². The van der Waals surface area contributed by atoms with Gasteiger partial charge in [-0.15, -0.1) is 0 Å². The summed E-state index contributed by atoms with van der Waals surface area (Å²) in [7, 11) is -4.24. The number of anilines is 1. The van der Waals surface area contributed by atoms with Gasteiger partial charge in [0.2, 0.25) is 5.28 Å². The van der Waals surface area contributed by atoms with E-state index in [2.05, 4.69) is 15.0 Å². The molecule has 150 valence electrons. The van der Waals surface area contributed by atoms with Crippen molar-refractivity contribution in [2.75, 3.05) is 11.9 Å². The molecule has 27 heavy (non-hydrogen) atoms. The molecule has 10 nitrogen and oxygen atoms in total. The van der Waals surface area contributed by atoms with Gasteiger partial charge in [0.15, 0.2) is 11.5 Å². The predicted molar refractivity (Wildman–Crippen MR) is 99.2 cm³/mol. The fourth-order valence-electron chi connectivity index (χ4n) is 4.34. The third-order valence-electron chi connectivity index (χ3n) is 5.73. The zero-order valence-corrected chi connectivity index (χ0v) is 16.5. The van der Waals surface area contributed by atoms with Crippen molar-refractivity contribution in [2.24, 2.45) is 11.3 Å². The van der Waals surface area contributed by atoms with Crippen LogP contribution in [0.5, 0.6) is 0 Å². The van der Waals surface area contributed by atoms with E-state index in [-0.39, 0.29) is 29.6 Å². The van der Waals surface area contributed by atoms with Gasteiger partial charge >= 0.3 is 7.60 Å². The predicted octanol–water partition coefficient (Wildman–Crippen LogP) is 0.939. The minimum absolute atomic E-state index is 0.0629. The highest BCUT2D eigenvalue weighted by Crippen LogP contribution is 2.55. The Kier molecular flexibility index (Phi) is 5.26. The topological polar surface area (TPSA) is 168 Å². The first-order valence-electron chi connectivity index (χ1n) is 8.56. The van der Waals surface area contributed by atoms with Crippen LogP contribution in [0.4, 0.5) is 5.82 Å². The van der Waals surface area contributed by atoms with Gasteiger partial charge < -0.3 is 30.3 Å². The van der Waals surface area contributed by atoms with Crippen molar-refractivity contribution in [3.8, 4) is 0 Å². The molecule has 1 saturated carbocycles. The van der Waals surface area contributed by atoms with Crippen LogP contribution in [0.2, 0.25) is 5.28 Å². The van der Waals surface area contributed by atoms with Gasteiger partial charge in [-0.1, -0.05) is 20.3 Å². The molecule has 2 aromatic heterocycles. The maximum absolute atomic E-state index is 11.4. The largest absolute Gasteiger partial charge is 0.390 e. The van der Waals surface area contributed by atoms with E-state index >= 15 is 0 Å². The Balaban J connectivity index is 2.07. The number of aliphatic hydroxyl groups excluding tert-OH is 2. The number of imidazole rings is 1. The van der Waals surface area contributed by atoms with E-state index < -0.39 is 31.3 Å². The Morgan fingerprint density at radius 3 is 2.63 bits per heavy atom. The second-order valence-electron chi connectivity index (χ2n) is 7.29. The summed E-state index contributed by atoms with van der Waals surface area (Å²) in [6.45, 7) is 3.63. The van der Waals surface area contributed by atoms with Crippen LogP contribution < -0.4 is 5.73 Å². The fourth-order valence-corrected chi connectivity index (χ4v) is 5.28. The molecule has 12 heteroatoms. The number of nitrogens with two attached hydrogens (primary N) is 1. The quantitative estimate of drug-likeness (QED) is 0.349. The molecule has 0 bridgehead atoms. The van der Waals surface area contributed by atoms with E-state index in [1.165, 1.54) is 6.33 Å². The summed E-state index contributed by atoms with van der Waals surface area (Å²) in [6, 6.07) is -0.609. The molecular formula is C15H23ClN5O5P. The summed E-state index contributed by atoms with van der Waals surface area (Å²) in [5.41, 5.74) is 5.60. The lowest BCUT2D eigenvalue weighted by Gasteiger charge is -2.35. The van der Waals surface area contributed by atoms with Gasteiger partial charge in [0.1, 0.15) is 11.6 Å². The number of nitrogen functional groups attached to an aromatic ring is 1. The summed E-state index contributed by atoms with van der Waals surface area (Å²) < 4.78 is 13.0. The van der Waals surface area contributed by atoms with E-state index in [1.807, 2.05) is 6.92 Å². The van der Waals surface area contributed by atoms with Crippen LogP contribution in [0.3, 0.4) is 0 Å². The molecule has 5 atom stereocenters. The zero-order chi connectivity index (χ0) is 20.1. The summed E-state index contributed by atoms with van der Waals surface area (Å²) >= 11 is 5.91. The number of aliphatic hydroxyl groups is 2. The number of aromatic nitrogens is 4. The Bertz CT molecular complexity index is 904. The Morgan fingerprint density at radius 1 is 1.37 bits per heavy atom. The second-order valence-corrected chi connectivity index (χ2v) is 9.40. The maximum Gasteiger partial charge on any atom is 0.325 e. The van der Waals surface area contributed by atoms with Crippen molar-refractivity contribution < 1.29 is 24.6 Å². The van der Waals surface area contributed by atoms with Gasteiger partial charge in [-0.3, -0.25) is 4.57 Å². The first-order valence-corrected chi connectivity index (χ1v) is 10.7. The van der Waals surface area contributed by atoms with Crippen LogP contribution in [-0.2, 0) is 4.57 Å². The second kappa shape index (κ2) is 6.95. The fraction of sp³-hybridized carbons (Fsp3) is 0.667. The lowest BCUT2D eigenvalue weighted by molar-refractivity contribution is -0.0273. The van der Waals surface area contributed by atoms with Crippen LogP contribution >= 0.6 is 19.2 Å². The van der Waals surface area contributed by atoms with Gasteiger partial charge in [0.05, 0.1) is 24.6 Å². The van der Waals surface area contributed by atoms with Crippen molar-refractivity contribution in [2.45, 2.75) is 44.9 Å². The average Bonchev–Trinajstić information content (AvgIpc) is 3.06. The third kappa shape index (κ3) is 3.46. The average molecular weight is 420 g/mol. The maximum atomic E-state index is 11.4. The molecule has 2 heterocycles. The normalized spacial score (nSPS) is 31.7. The molecule has 1 aliphatic carbocycles. The summed E-state index contributed by atoms with van der Waals surface area (Å²) in [4.78, 5) is 30.7.